The molecule has 0 radical (unpaired) electrons. The minimum Gasteiger partial charge on any atom is -0.480 e. The zero-order valence-electron chi connectivity index (χ0n) is 9.54. The number of carboxylic acid groups (broad SMARTS) is 1. The van der Waals surface area contributed by atoms with Crippen molar-refractivity contribution in [3.63, 3.8) is 0 Å². The van der Waals surface area contributed by atoms with Crippen LogP contribution in [0, 0.1) is 0 Å². The van der Waals surface area contributed by atoms with Crippen LogP contribution in [-0.2, 0) is 4.79 Å². The van der Waals surface area contributed by atoms with E-state index in [1.54, 1.807) is 18.2 Å². The molecule has 1 fully saturated rings. The zero-order chi connectivity index (χ0) is 13.3. The van der Waals surface area contributed by atoms with Crippen LogP contribution in [0.1, 0.15) is 17.4 Å². The van der Waals surface area contributed by atoms with Crippen LogP contribution in [0.3, 0.4) is 0 Å². The molecule has 1 aromatic rings. The van der Waals surface area contributed by atoms with Gasteiger partial charge in [-0.05, 0) is 35.0 Å². The third-order valence-corrected chi connectivity index (χ3v) is 4.34. The number of thioether (sulfide) groups is 1. The molecular weight excluding hydrogens is 320 g/mol. The Bertz CT molecular complexity index is 497. The molecule has 7 heteroatoms. The van der Waals surface area contributed by atoms with Gasteiger partial charge in [-0.1, -0.05) is 6.07 Å². The molecule has 18 heavy (non-hydrogen) atoms. The number of halogens is 1. The van der Waals surface area contributed by atoms with Gasteiger partial charge >= 0.3 is 5.97 Å². The predicted octanol–water partition coefficient (Wildman–Crippen LogP) is 1.83. The largest absolute Gasteiger partial charge is 0.480 e. The second-order valence-corrected chi connectivity index (χ2v) is 6.01. The Morgan fingerprint density at radius 1 is 1.56 bits per heavy atom. The summed E-state index contributed by atoms with van der Waals surface area (Å²) in [5, 5.41) is 8.96. The highest BCUT2D eigenvalue weighted by molar-refractivity contribution is 9.10. The van der Waals surface area contributed by atoms with Crippen molar-refractivity contribution in [2.75, 3.05) is 5.75 Å². The molecule has 0 spiro atoms. The van der Waals surface area contributed by atoms with E-state index < -0.39 is 12.0 Å². The van der Waals surface area contributed by atoms with E-state index in [0.29, 0.717) is 10.4 Å². The summed E-state index contributed by atoms with van der Waals surface area (Å²) in [6, 6.07) is 4.22. The minimum absolute atomic E-state index is 0.153. The van der Waals surface area contributed by atoms with Gasteiger partial charge in [0.1, 0.15) is 16.3 Å². The van der Waals surface area contributed by atoms with Crippen molar-refractivity contribution in [3.8, 4) is 0 Å². The van der Waals surface area contributed by atoms with E-state index in [4.69, 9.17) is 5.11 Å². The molecule has 2 atom stereocenters. The van der Waals surface area contributed by atoms with Crippen LogP contribution < -0.4 is 0 Å². The Balaban J connectivity index is 2.29. The van der Waals surface area contributed by atoms with Gasteiger partial charge in [-0.3, -0.25) is 4.79 Å². The molecule has 0 aromatic carbocycles. The predicted molar refractivity (Wildman–Crippen MR) is 71.5 cm³/mol. The van der Waals surface area contributed by atoms with Gasteiger partial charge < -0.3 is 10.0 Å². The average Bonchev–Trinajstić information content (AvgIpc) is 2.70. The summed E-state index contributed by atoms with van der Waals surface area (Å²) in [4.78, 5) is 28.9. The third-order valence-electron chi connectivity index (χ3n) is 2.68. The number of amides is 1. The smallest absolute Gasteiger partial charge is 0.327 e. The molecule has 1 N–H and O–H groups in total. The highest BCUT2D eigenvalue weighted by Crippen LogP contribution is 2.30. The molecule has 2 unspecified atom stereocenters. The highest BCUT2D eigenvalue weighted by Gasteiger charge is 2.40. The maximum absolute atomic E-state index is 12.3. The molecule has 0 bridgehead atoms. The van der Waals surface area contributed by atoms with Gasteiger partial charge in [0.05, 0.1) is 5.37 Å². The second-order valence-electron chi connectivity index (χ2n) is 3.84. The van der Waals surface area contributed by atoms with E-state index in [0.717, 1.165) is 0 Å². The summed E-state index contributed by atoms with van der Waals surface area (Å²) in [6.07, 6.45) is 0. The van der Waals surface area contributed by atoms with Crippen LogP contribution in [0.2, 0.25) is 0 Å². The van der Waals surface area contributed by atoms with Crippen LogP contribution in [0.25, 0.3) is 0 Å². The first kappa shape index (κ1) is 13.4. The summed E-state index contributed by atoms with van der Waals surface area (Å²) in [5.74, 6) is -0.910. The molecule has 1 amide bonds. The van der Waals surface area contributed by atoms with Gasteiger partial charge in [-0.25, -0.2) is 9.78 Å². The van der Waals surface area contributed by atoms with Crippen LogP contribution in [-0.4, -0.2) is 44.0 Å². The van der Waals surface area contributed by atoms with Crippen molar-refractivity contribution >= 4 is 39.6 Å². The summed E-state index contributed by atoms with van der Waals surface area (Å²) in [6.45, 7) is 1.82. The number of hydrogen-bond donors (Lipinski definition) is 1. The number of aliphatic carboxylic acids is 1. The van der Waals surface area contributed by atoms with Gasteiger partial charge in [-0.15, -0.1) is 11.8 Å². The van der Waals surface area contributed by atoms with E-state index in [1.165, 1.54) is 16.7 Å². The zero-order valence-corrected chi connectivity index (χ0v) is 11.9. The molecule has 96 valence electrons. The minimum atomic E-state index is -0.977. The van der Waals surface area contributed by atoms with E-state index in [2.05, 4.69) is 20.9 Å². The molecule has 2 rings (SSSR count). The normalized spacial score (nSPS) is 23.1. The van der Waals surface area contributed by atoms with Crippen LogP contribution in [0.5, 0.6) is 0 Å². The molecule has 2 heterocycles. The Hall–Kier alpha value is -1.08. The lowest BCUT2D eigenvalue weighted by Crippen LogP contribution is -2.45. The first-order valence-electron chi connectivity index (χ1n) is 5.30. The molecule has 1 aromatic heterocycles. The number of hydrogen-bond acceptors (Lipinski definition) is 4. The van der Waals surface area contributed by atoms with Gasteiger partial charge in [0.25, 0.3) is 5.91 Å². The van der Waals surface area contributed by atoms with Crippen LogP contribution >= 0.6 is 27.7 Å². The van der Waals surface area contributed by atoms with Gasteiger partial charge in [0.2, 0.25) is 0 Å². The number of carboxylic acids is 1. The van der Waals surface area contributed by atoms with E-state index in [-0.39, 0.29) is 17.0 Å². The molecule has 1 aliphatic heterocycles. The fourth-order valence-corrected chi connectivity index (χ4v) is 3.31. The first-order valence-corrected chi connectivity index (χ1v) is 7.14. The lowest BCUT2D eigenvalue weighted by molar-refractivity contribution is -0.141. The highest BCUT2D eigenvalue weighted by atomic mass is 79.9. The van der Waals surface area contributed by atoms with Crippen molar-refractivity contribution < 1.29 is 14.7 Å². The number of rotatable bonds is 2. The molecule has 0 saturated carbocycles. The molecule has 1 saturated heterocycles. The van der Waals surface area contributed by atoms with Crippen LogP contribution in [0.15, 0.2) is 22.8 Å². The Kier molecular flexibility index (Phi) is 3.91. The molecular formula is C11H11BrN2O3S. The second kappa shape index (κ2) is 5.27. The average molecular weight is 331 g/mol. The van der Waals surface area contributed by atoms with Gasteiger partial charge in [0.15, 0.2) is 0 Å². The van der Waals surface area contributed by atoms with Crippen LogP contribution in [0.4, 0.5) is 0 Å². The summed E-state index contributed by atoms with van der Waals surface area (Å²) in [5.41, 5.74) is 0.255. The monoisotopic (exact) mass is 330 g/mol. The van der Waals surface area contributed by atoms with Crippen molar-refractivity contribution in [2.45, 2.75) is 18.3 Å². The van der Waals surface area contributed by atoms with E-state index in [9.17, 15) is 9.59 Å². The fourth-order valence-electron chi connectivity index (χ4n) is 1.80. The van der Waals surface area contributed by atoms with Crippen molar-refractivity contribution in [1.82, 2.24) is 9.88 Å². The Morgan fingerprint density at radius 3 is 2.89 bits per heavy atom. The summed E-state index contributed by atoms with van der Waals surface area (Å²) in [7, 11) is 0. The standard InChI is InChI=1S/C11H11BrN2O3S/c1-6-14(8(5-18-6)11(16)17)10(15)7-3-2-4-9(12)13-7/h2-4,6,8H,5H2,1H3,(H,16,17). The van der Waals surface area contributed by atoms with Gasteiger partial charge in [0, 0.05) is 5.75 Å². The number of pyridine rings is 1. The maximum Gasteiger partial charge on any atom is 0.327 e. The molecule has 0 aliphatic carbocycles. The van der Waals surface area contributed by atoms with Crippen molar-refractivity contribution in [3.05, 3.63) is 28.5 Å². The lowest BCUT2D eigenvalue weighted by atomic mass is 10.2. The third kappa shape index (κ3) is 2.51. The quantitative estimate of drug-likeness (QED) is 0.838. The van der Waals surface area contributed by atoms with Crippen molar-refractivity contribution in [2.24, 2.45) is 0 Å². The Labute approximate surface area is 117 Å². The number of aromatic nitrogens is 1. The number of carbonyl (C=O) groups excluding carboxylic acids is 1. The molecule has 1 aliphatic rings. The van der Waals surface area contributed by atoms with Gasteiger partial charge in [-0.2, -0.15) is 0 Å². The summed E-state index contributed by atoms with van der Waals surface area (Å²) < 4.78 is 0.555. The van der Waals surface area contributed by atoms with Crippen molar-refractivity contribution in [1.29, 1.82) is 0 Å². The molecule has 5 nitrogen and oxygen atoms in total. The van der Waals surface area contributed by atoms with E-state index >= 15 is 0 Å². The number of carbonyl (C=O) groups is 2. The fraction of sp³-hybridized carbons (Fsp3) is 0.364. The van der Waals surface area contributed by atoms with E-state index in [1.807, 2.05) is 6.92 Å². The number of nitrogens with zero attached hydrogens (tertiary/aromatic N) is 2. The first-order chi connectivity index (χ1) is 8.50. The SMILES string of the molecule is CC1SCC(C(=O)O)N1C(=O)c1cccc(Br)n1. The summed E-state index contributed by atoms with van der Waals surface area (Å²) >= 11 is 4.65. The maximum atomic E-state index is 12.3. The Morgan fingerprint density at radius 2 is 2.28 bits per heavy atom. The lowest BCUT2D eigenvalue weighted by Gasteiger charge is -2.24. The topological polar surface area (TPSA) is 70.5 Å².